The van der Waals surface area contributed by atoms with E-state index in [2.05, 4.69) is 6.07 Å². The van der Waals surface area contributed by atoms with Crippen LogP contribution < -0.4 is 4.74 Å². The molecule has 1 aromatic rings. The highest BCUT2D eigenvalue weighted by Gasteiger charge is 2.46. The fraction of sp³-hybridized carbons (Fsp3) is 0.500. The molecule has 15 heavy (non-hydrogen) atoms. The summed E-state index contributed by atoms with van der Waals surface area (Å²) in [7, 11) is 1.67. The minimum Gasteiger partial charge on any atom is -0.496 e. The van der Waals surface area contributed by atoms with Crippen LogP contribution in [0.5, 0.6) is 5.75 Å². The Bertz CT molecular complexity index is 383. The minimum absolute atomic E-state index is 0.629. The molecule has 2 rings (SSSR count). The number of rotatable bonds is 3. The molecule has 0 spiro atoms. The number of aryl methyl sites for hydroxylation is 1. The van der Waals surface area contributed by atoms with Gasteiger partial charge in [0.1, 0.15) is 5.75 Å². The van der Waals surface area contributed by atoms with Crippen molar-refractivity contribution in [3.63, 3.8) is 0 Å². The molecule has 0 aromatic heterocycles. The fourth-order valence-electron chi connectivity index (χ4n) is 1.91. The first-order chi connectivity index (χ1) is 7.12. The van der Waals surface area contributed by atoms with E-state index >= 15 is 0 Å². The standard InChI is InChI=1S/C12H16O2S/c1-8-4-5-9(15-3)10(11(8)14-2)12(13)6-7-12/h4-5,13H,6-7H2,1-3H3. The van der Waals surface area contributed by atoms with Crippen molar-refractivity contribution in [3.05, 3.63) is 23.3 Å². The van der Waals surface area contributed by atoms with Crippen molar-refractivity contribution >= 4 is 11.8 Å². The van der Waals surface area contributed by atoms with E-state index in [1.54, 1.807) is 18.9 Å². The van der Waals surface area contributed by atoms with Gasteiger partial charge in [0.05, 0.1) is 12.7 Å². The van der Waals surface area contributed by atoms with Crippen molar-refractivity contribution in [1.29, 1.82) is 0 Å². The molecule has 1 aliphatic rings. The van der Waals surface area contributed by atoms with E-state index in [0.717, 1.165) is 34.6 Å². The van der Waals surface area contributed by atoms with E-state index < -0.39 is 5.60 Å². The Morgan fingerprint density at radius 3 is 2.53 bits per heavy atom. The van der Waals surface area contributed by atoms with Crippen LogP contribution in [0.4, 0.5) is 0 Å². The molecule has 2 nitrogen and oxygen atoms in total. The normalized spacial score (nSPS) is 17.6. The Balaban J connectivity index is 2.60. The number of benzene rings is 1. The first-order valence-corrected chi connectivity index (χ1v) is 6.29. The van der Waals surface area contributed by atoms with Gasteiger partial charge in [0.25, 0.3) is 0 Å². The van der Waals surface area contributed by atoms with Crippen LogP contribution in [-0.2, 0) is 5.60 Å². The number of hydrogen-bond donors (Lipinski definition) is 1. The van der Waals surface area contributed by atoms with E-state index in [4.69, 9.17) is 4.74 Å². The predicted molar refractivity (Wildman–Crippen MR) is 62.6 cm³/mol. The summed E-state index contributed by atoms with van der Waals surface area (Å²) in [5.41, 5.74) is 1.44. The molecule has 0 heterocycles. The van der Waals surface area contributed by atoms with Gasteiger partial charge < -0.3 is 9.84 Å². The fourth-order valence-corrected chi connectivity index (χ4v) is 2.60. The predicted octanol–water partition coefficient (Wildman–Crippen LogP) is 2.71. The Morgan fingerprint density at radius 1 is 1.40 bits per heavy atom. The van der Waals surface area contributed by atoms with Crippen LogP contribution in [0.1, 0.15) is 24.0 Å². The lowest BCUT2D eigenvalue weighted by molar-refractivity contribution is 0.144. The zero-order valence-corrected chi connectivity index (χ0v) is 10.1. The molecule has 0 radical (unpaired) electrons. The molecule has 1 aromatic carbocycles. The van der Waals surface area contributed by atoms with Crippen LogP contribution in [0.2, 0.25) is 0 Å². The number of hydrogen-bond acceptors (Lipinski definition) is 3. The van der Waals surface area contributed by atoms with Crippen molar-refractivity contribution in [1.82, 2.24) is 0 Å². The lowest BCUT2D eigenvalue weighted by Crippen LogP contribution is -2.09. The molecule has 1 N–H and O–H groups in total. The summed E-state index contributed by atoms with van der Waals surface area (Å²) >= 11 is 1.66. The molecule has 0 bridgehead atoms. The van der Waals surface area contributed by atoms with Crippen LogP contribution in [0.3, 0.4) is 0 Å². The molecule has 0 unspecified atom stereocenters. The SMILES string of the molecule is COc1c(C)ccc(SC)c1C1(O)CC1. The summed E-state index contributed by atoms with van der Waals surface area (Å²) in [6.07, 6.45) is 3.72. The summed E-state index contributed by atoms with van der Waals surface area (Å²) in [6, 6.07) is 4.11. The summed E-state index contributed by atoms with van der Waals surface area (Å²) in [6.45, 7) is 2.01. The lowest BCUT2D eigenvalue weighted by Gasteiger charge is -2.18. The van der Waals surface area contributed by atoms with E-state index in [0.29, 0.717) is 0 Å². The summed E-state index contributed by atoms with van der Waals surface area (Å²) < 4.78 is 5.41. The highest BCUT2D eigenvalue weighted by Crippen LogP contribution is 2.52. The van der Waals surface area contributed by atoms with Gasteiger partial charge in [-0.1, -0.05) is 6.07 Å². The molecule has 0 saturated heterocycles. The third-order valence-corrected chi connectivity index (χ3v) is 3.71. The van der Waals surface area contributed by atoms with Crippen molar-refractivity contribution in [2.75, 3.05) is 13.4 Å². The van der Waals surface area contributed by atoms with Gasteiger partial charge in [0, 0.05) is 10.5 Å². The first-order valence-electron chi connectivity index (χ1n) is 5.07. The highest BCUT2D eigenvalue weighted by molar-refractivity contribution is 7.98. The zero-order valence-electron chi connectivity index (χ0n) is 9.33. The average molecular weight is 224 g/mol. The maximum absolute atomic E-state index is 10.3. The van der Waals surface area contributed by atoms with Crippen molar-refractivity contribution in [3.8, 4) is 5.75 Å². The van der Waals surface area contributed by atoms with Gasteiger partial charge in [-0.3, -0.25) is 0 Å². The summed E-state index contributed by atoms with van der Waals surface area (Å²) in [5.74, 6) is 0.849. The van der Waals surface area contributed by atoms with Crippen molar-refractivity contribution in [2.45, 2.75) is 30.3 Å². The minimum atomic E-state index is -0.629. The summed E-state index contributed by atoms with van der Waals surface area (Å²) in [5, 5.41) is 10.3. The van der Waals surface area contributed by atoms with E-state index in [1.807, 2.05) is 19.2 Å². The molecule has 82 valence electrons. The zero-order chi connectivity index (χ0) is 11.1. The van der Waals surface area contributed by atoms with Gasteiger partial charge >= 0.3 is 0 Å². The number of methoxy groups -OCH3 is 1. The van der Waals surface area contributed by atoms with Gasteiger partial charge in [0.15, 0.2) is 0 Å². The maximum atomic E-state index is 10.3. The second-order valence-electron chi connectivity index (χ2n) is 4.02. The number of ether oxygens (including phenoxy) is 1. The average Bonchev–Trinajstić information content (AvgIpc) is 2.97. The first kappa shape index (κ1) is 10.8. The van der Waals surface area contributed by atoms with Gasteiger partial charge in [-0.15, -0.1) is 11.8 Å². The number of thioether (sulfide) groups is 1. The third-order valence-electron chi connectivity index (χ3n) is 2.93. The number of aliphatic hydroxyl groups is 1. The third kappa shape index (κ3) is 1.74. The van der Waals surface area contributed by atoms with Crippen LogP contribution in [-0.4, -0.2) is 18.5 Å². The van der Waals surface area contributed by atoms with Gasteiger partial charge in [-0.2, -0.15) is 0 Å². The molecule has 1 aliphatic carbocycles. The van der Waals surface area contributed by atoms with Crippen LogP contribution in [0.15, 0.2) is 17.0 Å². The largest absolute Gasteiger partial charge is 0.496 e. The van der Waals surface area contributed by atoms with E-state index in [9.17, 15) is 5.11 Å². The second kappa shape index (κ2) is 3.72. The monoisotopic (exact) mass is 224 g/mol. The molecule has 0 aliphatic heterocycles. The van der Waals surface area contributed by atoms with Gasteiger partial charge in [-0.25, -0.2) is 0 Å². The smallest absolute Gasteiger partial charge is 0.128 e. The van der Waals surface area contributed by atoms with Crippen LogP contribution >= 0.6 is 11.8 Å². The molecular weight excluding hydrogens is 208 g/mol. The Labute approximate surface area is 94.6 Å². The van der Waals surface area contributed by atoms with E-state index in [-0.39, 0.29) is 0 Å². The molecular formula is C12H16O2S. The molecule has 1 saturated carbocycles. The quantitative estimate of drug-likeness (QED) is 0.800. The lowest BCUT2D eigenvalue weighted by atomic mass is 10.0. The Kier molecular flexibility index (Phi) is 2.69. The van der Waals surface area contributed by atoms with E-state index in [1.165, 1.54) is 0 Å². The van der Waals surface area contributed by atoms with Crippen LogP contribution in [0.25, 0.3) is 0 Å². The topological polar surface area (TPSA) is 29.5 Å². The molecule has 0 atom stereocenters. The van der Waals surface area contributed by atoms with Crippen molar-refractivity contribution in [2.24, 2.45) is 0 Å². The second-order valence-corrected chi connectivity index (χ2v) is 4.87. The van der Waals surface area contributed by atoms with Crippen LogP contribution in [0, 0.1) is 6.92 Å². The van der Waals surface area contributed by atoms with Gasteiger partial charge in [0.2, 0.25) is 0 Å². The molecule has 0 amide bonds. The van der Waals surface area contributed by atoms with Gasteiger partial charge in [-0.05, 0) is 37.7 Å². The Hall–Kier alpha value is -0.670. The molecule has 3 heteroatoms. The summed E-state index contributed by atoms with van der Waals surface area (Å²) in [4.78, 5) is 1.12. The Morgan fingerprint density at radius 2 is 2.07 bits per heavy atom. The molecule has 1 fully saturated rings. The maximum Gasteiger partial charge on any atom is 0.128 e. The highest BCUT2D eigenvalue weighted by atomic mass is 32.2. The van der Waals surface area contributed by atoms with Crippen molar-refractivity contribution < 1.29 is 9.84 Å².